The Morgan fingerprint density at radius 1 is 1.30 bits per heavy atom. The van der Waals surface area contributed by atoms with Gasteiger partial charge in [-0.25, -0.2) is 0 Å². The van der Waals surface area contributed by atoms with Gasteiger partial charge >= 0.3 is 0 Å². The summed E-state index contributed by atoms with van der Waals surface area (Å²) in [6.45, 7) is 2.23. The summed E-state index contributed by atoms with van der Waals surface area (Å²) in [6.07, 6.45) is -0.337. The van der Waals surface area contributed by atoms with Crippen molar-refractivity contribution in [3.63, 3.8) is 0 Å². The summed E-state index contributed by atoms with van der Waals surface area (Å²) in [5.41, 5.74) is 8.15. The Kier molecular flexibility index (Phi) is 4.62. The van der Waals surface area contributed by atoms with E-state index in [1.54, 1.807) is 12.1 Å². The Hall–Kier alpha value is -2.02. The van der Waals surface area contributed by atoms with Crippen LogP contribution in [0.5, 0.6) is 5.75 Å². The largest absolute Gasteiger partial charge is 0.484 e. The molecule has 0 aliphatic rings. The van der Waals surface area contributed by atoms with E-state index in [1.807, 2.05) is 37.3 Å². The third-order valence-corrected chi connectivity index (χ3v) is 3.40. The molecule has 0 radical (unpaired) electrons. The van der Waals surface area contributed by atoms with Crippen LogP contribution in [0.25, 0.3) is 0 Å². The van der Waals surface area contributed by atoms with E-state index in [-0.39, 0.29) is 6.10 Å². The van der Waals surface area contributed by atoms with Gasteiger partial charge in [-0.3, -0.25) is 0 Å². The van der Waals surface area contributed by atoms with Crippen LogP contribution in [0.15, 0.2) is 42.5 Å². The van der Waals surface area contributed by atoms with Crippen molar-refractivity contribution in [2.75, 3.05) is 6.54 Å². The van der Waals surface area contributed by atoms with Crippen molar-refractivity contribution < 1.29 is 4.74 Å². The zero-order chi connectivity index (χ0) is 14.5. The summed E-state index contributed by atoms with van der Waals surface area (Å²) < 4.78 is 5.94. The van der Waals surface area contributed by atoms with E-state index in [2.05, 4.69) is 6.07 Å². The number of hydrogen-bond acceptors (Lipinski definition) is 3. The van der Waals surface area contributed by atoms with Crippen molar-refractivity contribution in [1.82, 2.24) is 0 Å². The molecule has 0 bridgehead atoms. The van der Waals surface area contributed by atoms with Gasteiger partial charge in [0.1, 0.15) is 11.9 Å². The fraction of sp³-hybridized carbons (Fsp3) is 0.188. The Bertz CT molecular complexity index is 649. The van der Waals surface area contributed by atoms with Gasteiger partial charge in [0.05, 0.1) is 11.6 Å². The third kappa shape index (κ3) is 3.11. The molecule has 0 heterocycles. The summed E-state index contributed by atoms with van der Waals surface area (Å²) in [5.74, 6) is 0.652. The quantitative estimate of drug-likeness (QED) is 0.934. The maximum atomic E-state index is 8.95. The minimum Gasteiger partial charge on any atom is -0.484 e. The molecule has 0 fully saturated rings. The van der Waals surface area contributed by atoms with Gasteiger partial charge in [-0.15, -0.1) is 0 Å². The molecule has 0 aromatic heterocycles. The molecule has 2 aromatic rings. The van der Waals surface area contributed by atoms with Crippen molar-refractivity contribution in [3.05, 3.63) is 64.2 Å². The van der Waals surface area contributed by atoms with Gasteiger partial charge in [-0.05, 0) is 30.7 Å². The molecule has 2 aromatic carbocycles. The molecular formula is C16H15ClN2O. The smallest absolute Gasteiger partial charge is 0.137 e. The Labute approximate surface area is 123 Å². The van der Waals surface area contributed by atoms with E-state index in [9.17, 15) is 0 Å². The molecule has 4 heteroatoms. The second-order valence-electron chi connectivity index (χ2n) is 4.46. The van der Waals surface area contributed by atoms with Gasteiger partial charge in [0.25, 0.3) is 0 Å². The van der Waals surface area contributed by atoms with Crippen molar-refractivity contribution in [1.29, 1.82) is 5.26 Å². The highest BCUT2D eigenvalue weighted by Gasteiger charge is 2.16. The zero-order valence-corrected chi connectivity index (χ0v) is 11.9. The average molecular weight is 287 g/mol. The average Bonchev–Trinajstić information content (AvgIpc) is 2.47. The van der Waals surface area contributed by atoms with E-state index in [0.717, 1.165) is 11.1 Å². The van der Waals surface area contributed by atoms with Crippen LogP contribution in [0.1, 0.15) is 22.8 Å². The number of benzene rings is 2. The number of hydrogen-bond donors (Lipinski definition) is 1. The highest BCUT2D eigenvalue weighted by atomic mass is 35.5. The van der Waals surface area contributed by atoms with Crippen LogP contribution >= 0.6 is 11.6 Å². The number of halogens is 1. The van der Waals surface area contributed by atoms with Gasteiger partial charge in [-0.1, -0.05) is 35.9 Å². The molecular weight excluding hydrogens is 272 g/mol. The zero-order valence-electron chi connectivity index (χ0n) is 11.1. The van der Waals surface area contributed by atoms with Crippen LogP contribution in [-0.4, -0.2) is 6.54 Å². The van der Waals surface area contributed by atoms with Crippen molar-refractivity contribution >= 4 is 11.6 Å². The molecule has 0 aliphatic heterocycles. The van der Waals surface area contributed by atoms with E-state index in [0.29, 0.717) is 22.9 Å². The van der Waals surface area contributed by atoms with Crippen LogP contribution in [-0.2, 0) is 0 Å². The number of rotatable bonds is 4. The van der Waals surface area contributed by atoms with Crippen LogP contribution < -0.4 is 10.5 Å². The molecule has 0 saturated carbocycles. The lowest BCUT2D eigenvalue weighted by Gasteiger charge is -2.20. The maximum Gasteiger partial charge on any atom is 0.137 e. The number of nitriles is 1. The molecule has 2 N–H and O–H groups in total. The third-order valence-electron chi connectivity index (χ3n) is 3.05. The first kappa shape index (κ1) is 14.4. The number of ether oxygens (including phenoxy) is 1. The molecule has 1 atom stereocenters. The first-order chi connectivity index (χ1) is 9.65. The lowest BCUT2D eigenvalue weighted by molar-refractivity contribution is 0.213. The Balaban J connectivity index is 2.32. The SMILES string of the molecule is Cc1ccc(C#N)cc1OC(CN)c1ccccc1Cl. The van der Waals surface area contributed by atoms with Crippen LogP contribution in [0.4, 0.5) is 0 Å². The van der Waals surface area contributed by atoms with Gasteiger partial charge in [0.15, 0.2) is 0 Å². The summed E-state index contributed by atoms with van der Waals surface area (Å²) >= 11 is 6.17. The predicted octanol–water partition coefficient (Wildman–Crippen LogP) is 3.60. The molecule has 2 rings (SSSR count). The molecule has 20 heavy (non-hydrogen) atoms. The number of nitrogens with zero attached hydrogens (tertiary/aromatic N) is 1. The lowest BCUT2D eigenvalue weighted by atomic mass is 10.1. The second-order valence-corrected chi connectivity index (χ2v) is 4.86. The lowest BCUT2D eigenvalue weighted by Crippen LogP contribution is -2.19. The van der Waals surface area contributed by atoms with E-state index < -0.39 is 0 Å². The van der Waals surface area contributed by atoms with E-state index >= 15 is 0 Å². The predicted molar refractivity (Wildman–Crippen MR) is 79.8 cm³/mol. The summed E-state index contributed by atoms with van der Waals surface area (Å²) in [7, 11) is 0. The fourth-order valence-corrected chi connectivity index (χ4v) is 2.18. The highest BCUT2D eigenvalue weighted by molar-refractivity contribution is 6.31. The highest BCUT2D eigenvalue weighted by Crippen LogP contribution is 2.29. The molecule has 3 nitrogen and oxygen atoms in total. The van der Waals surface area contributed by atoms with Gasteiger partial charge in [0.2, 0.25) is 0 Å². The molecule has 1 unspecified atom stereocenters. The topological polar surface area (TPSA) is 59.0 Å². The summed E-state index contributed by atoms with van der Waals surface area (Å²) in [4.78, 5) is 0. The van der Waals surface area contributed by atoms with Crippen LogP contribution in [0.2, 0.25) is 5.02 Å². The normalized spacial score (nSPS) is 11.7. The molecule has 0 amide bonds. The van der Waals surface area contributed by atoms with Gasteiger partial charge < -0.3 is 10.5 Å². The van der Waals surface area contributed by atoms with E-state index in [4.69, 9.17) is 27.3 Å². The minimum absolute atomic E-state index is 0.306. The van der Waals surface area contributed by atoms with Crippen LogP contribution in [0, 0.1) is 18.3 Å². The monoisotopic (exact) mass is 286 g/mol. The molecule has 102 valence electrons. The Morgan fingerprint density at radius 3 is 2.70 bits per heavy atom. The van der Waals surface area contributed by atoms with Crippen molar-refractivity contribution in [2.45, 2.75) is 13.0 Å². The fourth-order valence-electron chi connectivity index (χ4n) is 1.92. The maximum absolute atomic E-state index is 8.95. The first-order valence-electron chi connectivity index (χ1n) is 6.27. The summed E-state index contributed by atoms with van der Waals surface area (Å²) in [6, 6.07) is 14.9. The Morgan fingerprint density at radius 2 is 2.05 bits per heavy atom. The first-order valence-corrected chi connectivity index (χ1v) is 6.65. The molecule has 0 aliphatic carbocycles. The molecule has 0 spiro atoms. The van der Waals surface area contributed by atoms with E-state index in [1.165, 1.54) is 0 Å². The number of nitrogens with two attached hydrogens (primary N) is 1. The van der Waals surface area contributed by atoms with Crippen molar-refractivity contribution in [3.8, 4) is 11.8 Å². The minimum atomic E-state index is -0.337. The van der Waals surface area contributed by atoms with Gasteiger partial charge in [-0.2, -0.15) is 5.26 Å². The summed E-state index contributed by atoms with van der Waals surface area (Å²) in [5, 5.41) is 9.58. The molecule has 0 saturated heterocycles. The standard InChI is InChI=1S/C16H15ClN2O/c1-11-6-7-12(9-18)8-15(11)20-16(10-19)13-4-2-3-5-14(13)17/h2-8,16H,10,19H2,1H3. The van der Waals surface area contributed by atoms with Gasteiger partial charge in [0, 0.05) is 17.1 Å². The van der Waals surface area contributed by atoms with Crippen molar-refractivity contribution in [2.24, 2.45) is 5.73 Å². The number of aryl methyl sites for hydroxylation is 1. The van der Waals surface area contributed by atoms with Crippen LogP contribution in [0.3, 0.4) is 0 Å². The second kappa shape index (κ2) is 6.42.